The first-order valence-corrected chi connectivity index (χ1v) is 4.50. The molecule has 0 aromatic carbocycles. The summed E-state index contributed by atoms with van der Waals surface area (Å²) in [5.41, 5.74) is 6.64. The number of hydrogen-bond donors (Lipinski definition) is 1. The number of aryl methyl sites for hydroxylation is 1. The highest BCUT2D eigenvalue weighted by molar-refractivity contribution is 5.28. The van der Waals surface area contributed by atoms with E-state index in [0.717, 1.165) is 18.7 Å². The molecule has 0 bridgehead atoms. The topological polar surface area (TPSA) is 53.1 Å². The van der Waals surface area contributed by atoms with E-state index in [4.69, 9.17) is 10.5 Å². The lowest BCUT2D eigenvalue weighted by Gasteiger charge is -2.13. The summed E-state index contributed by atoms with van der Waals surface area (Å²) in [6, 6.07) is 1.86. The lowest BCUT2D eigenvalue weighted by Crippen LogP contribution is -2.19. The molecule has 1 rings (SSSR count). The summed E-state index contributed by atoms with van der Waals surface area (Å²) in [7, 11) is 1.72. The van der Waals surface area contributed by atoms with Crippen LogP contribution in [0.15, 0.2) is 6.07 Å². The maximum atomic E-state index is 5.57. The first-order valence-electron chi connectivity index (χ1n) is 4.50. The van der Waals surface area contributed by atoms with Gasteiger partial charge in [0.15, 0.2) is 0 Å². The molecule has 0 amide bonds. The first-order chi connectivity index (χ1) is 6.17. The number of methoxy groups -OCH3 is 1. The SMILES string of the molecule is CCC(Cn1nc(N)cc1C)OC. The molecule has 0 aliphatic heterocycles. The summed E-state index contributed by atoms with van der Waals surface area (Å²) < 4.78 is 7.15. The highest BCUT2D eigenvalue weighted by Crippen LogP contribution is 2.07. The molecule has 1 unspecified atom stereocenters. The van der Waals surface area contributed by atoms with Gasteiger partial charge in [-0.15, -0.1) is 0 Å². The van der Waals surface area contributed by atoms with Crippen molar-refractivity contribution in [3.63, 3.8) is 0 Å². The Morgan fingerprint density at radius 1 is 1.69 bits per heavy atom. The molecule has 1 heterocycles. The quantitative estimate of drug-likeness (QED) is 0.763. The summed E-state index contributed by atoms with van der Waals surface area (Å²) in [5.74, 6) is 0.573. The number of ether oxygens (including phenoxy) is 1. The summed E-state index contributed by atoms with van der Waals surface area (Å²) in [6.07, 6.45) is 1.20. The van der Waals surface area contributed by atoms with Gasteiger partial charge in [-0.1, -0.05) is 6.92 Å². The van der Waals surface area contributed by atoms with E-state index in [1.165, 1.54) is 0 Å². The van der Waals surface area contributed by atoms with Crippen LogP contribution in [0.3, 0.4) is 0 Å². The maximum absolute atomic E-state index is 5.57. The minimum atomic E-state index is 0.220. The largest absolute Gasteiger partial charge is 0.382 e. The van der Waals surface area contributed by atoms with E-state index in [1.807, 2.05) is 17.7 Å². The van der Waals surface area contributed by atoms with Gasteiger partial charge in [-0.3, -0.25) is 4.68 Å². The van der Waals surface area contributed by atoms with Gasteiger partial charge in [0.25, 0.3) is 0 Å². The third-order valence-corrected chi connectivity index (χ3v) is 2.17. The van der Waals surface area contributed by atoms with Crippen LogP contribution >= 0.6 is 0 Å². The van der Waals surface area contributed by atoms with Crippen LogP contribution in [0.1, 0.15) is 19.0 Å². The number of hydrogen-bond acceptors (Lipinski definition) is 3. The fourth-order valence-corrected chi connectivity index (χ4v) is 1.28. The Balaban J connectivity index is 2.67. The first kappa shape index (κ1) is 10.1. The van der Waals surface area contributed by atoms with E-state index in [0.29, 0.717) is 5.82 Å². The molecule has 4 heteroatoms. The zero-order chi connectivity index (χ0) is 9.84. The minimum Gasteiger partial charge on any atom is -0.382 e. The molecule has 4 nitrogen and oxygen atoms in total. The van der Waals surface area contributed by atoms with E-state index in [9.17, 15) is 0 Å². The summed E-state index contributed by atoms with van der Waals surface area (Å²) in [5, 5.41) is 4.16. The second-order valence-corrected chi connectivity index (χ2v) is 3.16. The summed E-state index contributed by atoms with van der Waals surface area (Å²) >= 11 is 0. The van der Waals surface area contributed by atoms with Gasteiger partial charge in [-0.25, -0.2) is 0 Å². The van der Waals surface area contributed by atoms with Gasteiger partial charge in [0.1, 0.15) is 5.82 Å². The third-order valence-electron chi connectivity index (χ3n) is 2.17. The minimum absolute atomic E-state index is 0.220. The molecule has 0 saturated carbocycles. The second-order valence-electron chi connectivity index (χ2n) is 3.16. The van der Waals surface area contributed by atoms with Gasteiger partial charge in [-0.05, 0) is 13.3 Å². The van der Waals surface area contributed by atoms with E-state index < -0.39 is 0 Å². The molecule has 0 aliphatic carbocycles. The van der Waals surface area contributed by atoms with Crippen molar-refractivity contribution in [2.24, 2.45) is 0 Å². The molecule has 0 saturated heterocycles. The summed E-state index contributed by atoms with van der Waals surface area (Å²) in [6.45, 7) is 4.86. The molecule has 0 fully saturated rings. The van der Waals surface area contributed by atoms with Gasteiger partial charge < -0.3 is 10.5 Å². The molecule has 74 valence electrons. The van der Waals surface area contributed by atoms with E-state index in [-0.39, 0.29) is 6.10 Å². The predicted octanol–water partition coefficient (Wildman–Crippen LogP) is 1.20. The van der Waals surface area contributed by atoms with Crippen molar-refractivity contribution in [3.8, 4) is 0 Å². The molecule has 1 aromatic rings. The second kappa shape index (κ2) is 4.28. The number of nitrogens with zero attached hydrogens (tertiary/aromatic N) is 2. The predicted molar refractivity (Wildman–Crippen MR) is 52.5 cm³/mol. The van der Waals surface area contributed by atoms with Crippen molar-refractivity contribution in [2.75, 3.05) is 12.8 Å². The lowest BCUT2D eigenvalue weighted by molar-refractivity contribution is 0.0811. The molecule has 2 N–H and O–H groups in total. The average Bonchev–Trinajstić information content (AvgIpc) is 2.41. The Labute approximate surface area is 78.7 Å². The highest BCUT2D eigenvalue weighted by atomic mass is 16.5. The number of anilines is 1. The monoisotopic (exact) mass is 183 g/mol. The Kier molecular flexibility index (Phi) is 3.31. The Bertz CT molecular complexity index is 266. The van der Waals surface area contributed by atoms with E-state index in [2.05, 4.69) is 12.0 Å². The average molecular weight is 183 g/mol. The van der Waals surface area contributed by atoms with Crippen molar-refractivity contribution in [1.82, 2.24) is 9.78 Å². The molecular weight excluding hydrogens is 166 g/mol. The van der Waals surface area contributed by atoms with Gasteiger partial charge in [-0.2, -0.15) is 5.10 Å². The Morgan fingerprint density at radius 3 is 2.77 bits per heavy atom. The van der Waals surface area contributed by atoms with Gasteiger partial charge in [0.05, 0.1) is 12.6 Å². The van der Waals surface area contributed by atoms with Crippen molar-refractivity contribution < 1.29 is 4.74 Å². The number of rotatable bonds is 4. The molecule has 1 aromatic heterocycles. The van der Waals surface area contributed by atoms with Crippen LogP contribution in [-0.4, -0.2) is 23.0 Å². The van der Waals surface area contributed by atoms with Crippen LogP contribution in [-0.2, 0) is 11.3 Å². The lowest BCUT2D eigenvalue weighted by atomic mass is 10.3. The Morgan fingerprint density at radius 2 is 2.38 bits per heavy atom. The fourth-order valence-electron chi connectivity index (χ4n) is 1.28. The van der Waals surface area contributed by atoms with Crippen molar-refractivity contribution in [1.29, 1.82) is 0 Å². The van der Waals surface area contributed by atoms with E-state index in [1.54, 1.807) is 7.11 Å². The highest BCUT2D eigenvalue weighted by Gasteiger charge is 2.08. The van der Waals surface area contributed by atoms with Crippen LogP contribution in [0.5, 0.6) is 0 Å². The van der Waals surface area contributed by atoms with Crippen molar-refractivity contribution in [2.45, 2.75) is 32.9 Å². The van der Waals surface area contributed by atoms with Crippen molar-refractivity contribution in [3.05, 3.63) is 11.8 Å². The molecule has 1 atom stereocenters. The van der Waals surface area contributed by atoms with Crippen LogP contribution in [0.4, 0.5) is 5.82 Å². The molecule has 0 spiro atoms. The molecule has 13 heavy (non-hydrogen) atoms. The number of aromatic nitrogens is 2. The summed E-state index contributed by atoms with van der Waals surface area (Å²) in [4.78, 5) is 0. The standard InChI is InChI=1S/C9H17N3O/c1-4-8(13-3)6-12-7(2)5-9(10)11-12/h5,8H,4,6H2,1-3H3,(H2,10,11). The van der Waals surface area contributed by atoms with Gasteiger partial charge in [0.2, 0.25) is 0 Å². The van der Waals surface area contributed by atoms with Crippen LogP contribution < -0.4 is 5.73 Å². The molecule has 0 radical (unpaired) electrons. The third kappa shape index (κ3) is 2.45. The zero-order valence-corrected chi connectivity index (χ0v) is 8.45. The van der Waals surface area contributed by atoms with Gasteiger partial charge >= 0.3 is 0 Å². The fraction of sp³-hybridized carbons (Fsp3) is 0.667. The van der Waals surface area contributed by atoms with Crippen molar-refractivity contribution >= 4 is 5.82 Å². The normalized spacial score (nSPS) is 13.2. The molecular formula is C9H17N3O. The van der Waals surface area contributed by atoms with E-state index >= 15 is 0 Å². The zero-order valence-electron chi connectivity index (χ0n) is 8.45. The van der Waals surface area contributed by atoms with Crippen LogP contribution in [0.25, 0.3) is 0 Å². The smallest absolute Gasteiger partial charge is 0.145 e. The Hall–Kier alpha value is -1.03. The number of nitrogens with two attached hydrogens (primary N) is 1. The van der Waals surface area contributed by atoms with Crippen LogP contribution in [0, 0.1) is 6.92 Å². The maximum Gasteiger partial charge on any atom is 0.145 e. The van der Waals surface area contributed by atoms with Gasteiger partial charge in [0, 0.05) is 18.9 Å². The van der Waals surface area contributed by atoms with Crippen LogP contribution in [0.2, 0.25) is 0 Å². The molecule has 0 aliphatic rings. The number of nitrogen functional groups attached to an aromatic ring is 1.